The third-order valence-electron chi connectivity index (χ3n) is 5.72. The third-order valence-corrected chi connectivity index (χ3v) is 5.72. The molecule has 4 heteroatoms. The lowest BCUT2D eigenvalue weighted by atomic mass is 9.89. The molecule has 0 saturated heterocycles. The number of Topliss-reactive ketones (excluding diaryl/α,β-unsaturated/α-hetero) is 2. The van der Waals surface area contributed by atoms with Crippen LogP contribution in [0.25, 0.3) is 0 Å². The van der Waals surface area contributed by atoms with Gasteiger partial charge in [0.1, 0.15) is 5.78 Å². The van der Waals surface area contributed by atoms with Crippen LogP contribution in [0.3, 0.4) is 0 Å². The normalized spacial score (nSPS) is 23.8. The Labute approximate surface area is 158 Å². The van der Waals surface area contributed by atoms with E-state index in [-0.39, 0.29) is 25.2 Å². The van der Waals surface area contributed by atoms with Crippen LogP contribution in [0.4, 0.5) is 0 Å². The number of ketones is 2. The number of allylic oxidation sites excluding steroid dienone is 2. The number of esters is 1. The van der Waals surface area contributed by atoms with Crippen LogP contribution in [0, 0.1) is 11.8 Å². The fraction of sp³-hybridized carbons (Fsp3) is 0.773. The zero-order chi connectivity index (χ0) is 18.2. The van der Waals surface area contributed by atoms with Crippen molar-refractivity contribution < 1.29 is 19.1 Å². The SMILES string of the molecule is C.COC(=O)C(C)CC1CCCC1=O.O=C1CCCCC1=C1CCCC1. The first-order valence-electron chi connectivity index (χ1n) is 9.87. The molecule has 3 aliphatic rings. The Morgan fingerprint density at radius 1 is 1.00 bits per heavy atom. The average molecular weight is 365 g/mol. The van der Waals surface area contributed by atoms with E-state index in [1.807, 2.05) is 6.92 Å². The minimum absolute atomic E-state index is 0. The van der Waals surface area contributed by atoms with E-state index in [2.05, 4.69) is 4.74 Å². The molecule has 0 aromatic carbocycles. The Bertz CT molecular complexity index is 524. The highest BCUT2D eigenvalue weighted by Crippen LogP contribution is 2.32. The molecule has 0 aliphatic heterocycles. The molecule has 0 aromatic rings. The van der Waals surface area contributed by atoms with Crippen molar-refractivity contribution in [3.05, 3.63) is 11.1 Å². The minimum Gasteiger partial charge on any atom is -0.469 e. The van der Waals surface area contributed by atoms with E-state index >= 15 is 0 Å². The highest BCUT2D eigenvalue weighted by Gasteiger charge is 2.28. The number of methoxy groups -OCH3 is 1. The van der Waals surface area contributed by atoms with Gasteiger partial charge in [0.15, 0.2) is 5.78 Å². The summed E-state index contributed by atoms with van der Waals surface area (Å²) in [5, 5.41) is 0. The average Bonchev–Trinajstić information content (AvgIpc) is 3.28. The molecular weight excluding hydrogens is 328 g/mol. The molecule has 148 valence electrons. The monoisotopic (exact) mass is 364 g/mol. The first kappa shape index (κ1) is 22.6. The van der Waals surface area contributed by atoms with Crippen LogP contribution in [0.5, 0.6) is 0 Å². The lowest BCUT2D eigenvalue weighted by Gasteiger charge is -2.15. The van der Waals surface area contributed by atoms with Gasteiger partial charge in [-0.05, 0) is 69.8 Å². The zero-order valence-corrected chi connectivity index (χ0v) is 15.8. The van der Waals surface area contributed by atoms with Crippen molar-refractivity contribution in [2.45, 2.75) is 91.4 Å². The Hall–Kier alpha value is -1.45. The van der Waals surface area contributed by atoms with Crippen molar-refractivity contribution in [1.29, 1.82) is 0 Å². The van der Waals surface area contributed by atoms with E-state index in [0.717, 1.165) is 32.1 Å². The summed E-state index contributed by atoms with van der Waals surface area (Å²) in [5.74, 6) is 0.528. The molecule has 3 rings (SSSR count). The van der Waals surface area contributed by atoms with E-state index in [1.54, 1.807) is 0 Å². The summed E-state index contributed by atoms with van der Waals surface area (Å²) in [7, 11) is 1.38. The fourth-order valence-electron chi connectivity index (χ4n) is 4.22. The molecule has 26 heavy (non-hydrogen) atoms. The molecule has 2 unspecified atom stereocenters. The Morgan fingerprint density at radius 3 is 2.15 bits per heavy atom. The highest BCUT2D eigenvalue weighted by atomic mass is 16.5. The molecular formula is C22H36O4. The van der Waals surface area contributed by atoms with Crippen LogP contribution >= 0.6 is 0 Å². The number of ether oxygens (including phenoxy) is 1. The molecule has 0 aromatic heterocycles. The Kier molecular flexibility index (Phi) is 9.82. The van der Waals surface area contributed by atoms with Gasteiger partial charge >= 0.3 is 5.97 Å². The van der Waals surface area contributed by atoms with Gasteiger partial charge in [0.05, 0.1) is 13.0 Å². The molecule has 0 heterocycles. The highest BCUT2D eigenvalue weighted by molar-refractivity contribution is 5.96. The zero-order valence-electron chi connectivity index (χ0n) is 15.8. The van der Waals surface area contributed by atoms with Gasteiger partial charge in [-0.25, -0.2) is 0 Å². The fourth-order valence-corrected chi connectivity index (χ4v) is 4.22. The molecule has 3 fully saturated rings. The maximum absolute atomic E-state index is 11.5. The lowest BCUT2D eigenvalue weighted by Crippen LogP contribution is -2.18. The smallest absolute Gasteiger partial charge is 0.308 e. The summed E-state index contributed by atoms with van der Waals surface area (Å²) in [6.45, 7) is 1.82. The Balaban J connectivity index is 0.000000251. The standard InChI is InChI=1S/C11H16O.C10H16O3.CH4/c12-11-8-4-3-7-10(11)9-5-1-2-6-9;1-7(10(12)13-2)6-8-4-3-5-9(8)11;/h1-8H2;7-8H,3-6H2,1-2H3;1H4. The van der Waals surface area contributed by atoms with Gasteiger partial charge in [0, 0.05) is 18.8 Å². The first-order chi connectivity index (χ1) is 12.0. The quantitative estimate of drug-likeness (QED) is 0.511. The van der Waals surface area contributed by atoms with Crippen LogP contribution in [0.1, 0.15) is 91.4 Å². The van der Waals surface area contributed by atoms with Crippen LogP contribution in [0.15, 0.2) is 11.1 Å². The van der Waals surface area contributed by atoms with E-state index in [1.165, 1.54) is 50.4 Å². The summed E-state index contributed by atoms with van der Waals surface area (Å²) in [5.41, 5.74) is 2.72. The summed E-state index contributed by atoms with van der Waals surface area (Å²) < 4.78 is 4.61. The van der Waals surface area contributed by atoms with Crippen molar-refractivity contribution in [2.75, 3.05) is 7.11 Å². The van der Waals surface area contributed by atoms with E-state index in [4.69, 9.17) is 0 Å². The predicted octanol–water partition coefficient (Wildman–Crippen LogP) is 5.19. The van der Waals surface area contributed by atoms with Crippen molar-refractivity contribution in [1.82, 2.24) is 0 Å². The third kappa shape index (κ3) is 6.37. The summed E-state index contributed by atoms with van der Waals surface area (Å²) in [6.07, 6.45) is 12.6. The maximum Gasteiger partial charge on any atom is 0.308 e. The van der Waals surface area contributed by atoms with Crippen molar-refractivity contribution in [2.24, 2.45) is 11.8 Å². The van der Waals surface area contributed by atoms with Gasteiger partial charge in [-0.1, -0.05) is 19.9 Å². The van der Waals surface area contributed by atoms with Crippen molar-refractivity contribution >= 4 is 17.5 Å². The number of hydrogen-bond acceptors (Lipinski definition) is 4. The molecule has 2 atom stereocenters. The second kappa shape index (κ2) is 11.3. The van der Waals surface area contributed by atoms with Gasteiger partial charge in [-0.3, -0.25) is 14.4 Å². The van der Waals surface area contributed by atoms with E-state index < -0.39 is 0 Å². The van der Waals surface area contributed by atoms with Crippen LogP contribution < -0.4 is 0 Å². The molecule has 0 radical (unpaired) electrons. The molecule has 0 N–H and O–H groups in total. The van der Waals surface area contributed by atoms with Crippen LogP contribution in [-0.2, 0) is 19.1 Å². The van der Waals surface area contributed by atoms with Gasteiger partial charge in [-0.2, -0.15) is 0 Å². The van der Waals surface area contributed by atoms with E-state index in [9.17, 15) is 14.4 Å². The minimum atomic E-state index is -0.209. The van der Waals surface area contributed by atoms with Gasteiger partial charge < -0.3 is 4.74 Å². The van der Waals surface area contributed by atoms with Crippen molar-refractivity contribution in [3.8, 4) is 0 Å². The molecule has 0 bridgehead atoms. The van der Waals surface area contributed by atoms with Crippen LogP contribution in [0.2, 0.25) is 0 Å². The molecule has 3 aliphatic carbocycles. The first-order valence-corrected chi connectivity index (χ1v) is 9.87. The van der Waals surface area contributed by atoms with Crippen molar-refractivity contribution in [3.63, 3.8) is 0 Å². The molecule has 4 nitrogen and oxygen atoms in total. The summed E-state index contributed by atoms with van der Waals surface area (Å²) >= 11 is 0. The van der Waals surface area contributed by atoms with Gasteiger partial charge in [-0.15, -0.1) is 0 Å². The maximum atomic E-state index is 11.5. The second-order valence-corrected chi connectivity index (χ2v) is 7.63. The predicted molar refractivity (Wildman–Crippen MR) is 104 cm³/mol. The van der Waals surface area contributed by atoms with Crippen LogP contribution in [-0.4, -0.2) is 24.6 Å². The molecule has 0 spiro atoms. The summed E-state index contributed by atoms with van der Waals surface area (Å²) in [6, 6.07) is 0. The number of carbonyl (C=O) groups is 3. The largest absolute Gasteiger partial charge is 0.469 e. The van der Waals surface area contributed by atoms with Gasteiger partial charge in [0.25, 0.3) is 0 Å². The second-order valence-electron chi connectivity index (χ2n) is 7.63. The Morgan fingerprint density at radius 2 is 1.62 bits per heavy atom. The molecule has 0 amide bonds. The molecule has 3 saturated carbocycles. The topological polar surface area (TPSA) is 60.4 Å². The number of hydrogen-bond donors (Lipinski definition) is 0. The van der Waals surface area contributed by atoms with E-state index in [0.29, 0.717) is 24.4 Å². The number of rotatable bonds is 3. The lowest BCUT2D eigenvalue weighted by molar-refractivity contribution is -0.145. The number of carbonyl (C=O) groups excluding carboxylic acids is 3. The summed E-state index contributed by atoms with van der Waals surface area (Å²) in [4.78, 5) is 33.9. The van der Waals surface area contributed by atoms with Gasteiger partial charge in [0.2, 0.25) is 0 Å².